The second-order valence-corrected chi connectivity index (χ2v) is 11.0. The Labute approximate surface area is 223 Å². The third-order valence-corrected chi connectivity index (χ3v) is 8.39. The van der Waals surface area contributed by atoms with Gasteiger partial charge < -0.3 is 15.2 Å². The molecule has 0 radical (unpaired) electrons. The molecule has 194 valence electrons. The van der Waals surface area contributed by atoms with Crippen LogP contribution in [-0.4, -0.2) is 44.8 Å². The molecule has 0 spiro atoms. The van der Waals surface area contributed by atoms with Crippen LogP contribution in [-0.2, 0) is 6.54 Å². The summed E-state index contributed by atoms with van der Waals surface area (Å²) >= 11 is 0. The first-order valence-corrected chi connectivity index (χ1v) is 14.2. The first kappa shape index (κ1) is 23.4. The van der Waals surface area contributed by atoms with Crippen LogP contribution in [0.25, 0.3) is 44.5 Å². The number of nitrogens with one attached hydrogen (secondary N) is 3. The fourth-order valence-corrected chi connectivity index (χ4v) is 6.33. The van der Waals surface area contributed by atoms with Crippen LogP contribution in [0.3, 0.4) is 0 Å². The maximum atomic E-state index is 4.71. The average Bonchev–Trinajstić information content (AvgIpc) is 3.73. The van der Waals surface area contributed by atoms with Crippen LogP contribution >= 0.6 is 0 Å². The molecule has 4 aromatic heterocycles. The van der Waals surface area contributed by atoms with Gasteiger partial charge in [-0.05, 0) is 86.0 Å². The summed E-state index contributed by atoms with van der Waals surface area (Å²) in [7, 11) is 0. The highest BCUT2D eigenvalue weighted by molar-refractivity contribution is 5.99. The van der Waals surface area contributed by atoms with Gasteiger partial charge in [-0.15, -0.1) is 0 Å². The number of aromatic amines is 2. The number of H-pyrrole nitrogens is 2. The number of hydrogen-bond donors (Lipinski definition) is 3. The Morgan fingerprint density at radius 1 is 0.895 bits per heavy atom. The van der Waals surface area contributed by atoms with Gasteiger partial charge in [0.05, 0.1) is 11.2 Å². The van der Waals surface area contributed by atoms with Crippen LogP contribution in [0, 0.1) is 5.92 Å². The zero-order valence-electron chi connectivity index (χ0n) is 21.8. The Kier molecular flexibility index (Phi) is 6.29. The Morgan fingerprint density at radius 2 is 1.79 bits per heavy atom. The standard InChI is InChI=1S/C31H35N7/c1-4-12-38(13-5-1)29-10-11-34-31-26(29)16-28(35-31)30-25-15-23(8-9-27(25)36-37-30)24-14-22(19-33-20-24)18-32-17-21-6-2-3-7-21/h8-11,14-16,19-21,32H,1-7,12-13,17-18H2,(H,34,35)(H,36,37). The van der Waals surface area contributed by atoms with Crippen LogP contribution < -0.4 is 10.2 Å². The summed E-state index contributed by atoms with van der Waals surface area (Å²) in [6.07, 6.45) is 15.2. The van der Waals surface area contributed by atoms with Crippen LogP contribution in [0.4, 0.5) is 5.69 Å². The molecule has 1 aliphatic heterocycles. The summed E-state index contributed by atoms with van der Waals surface area (Å²) in [6.45, 7) is 4.18. The van der Waals surface area contributed by atoms with Crippen molar-refractivity contribution in [2.75, 3.05) is 24.5 Å². The lowest BCUT2D eigenvalue weighted by Crippen LogP contribution is -2.29. The van der Waals surface area contributed by atoms with E-state index >= 15 is 0 Å². The number of hydrogen-bond acceptors (Lipinski definition) is 5. The molecular formula is C31H35N7. The predicted molar refractivity (Wildman–Crippen MR) is 154 cm³/mol. The maximum absolute atomic E-state index is 4.71. The monoisotopic (exact) mass is 505 g/mol. The minimum absolute atomic E-state index is 0.837. The number of anilines is 1. The molecule has 38 heavy (non-hydrogen) atoms. The highest BCUT2D eigenvalue weighted by Gasteiger charge is 2.18. The van der Waals surface area contributed by atoms with Gasteiger partial charge in [0, 0.05) is 60.2 Å². The number of benzene rings is 1. The predicted octanol–water partition coefficient (Wildman–Crippen LogP) is 6.44. The SMILES string of the molecule is c1cc(N2CCCCC2)c2cc(-c3n[nH]c4ccc(-c5cncc(CNCC6CCCC6)c5)cc34)[nH]c2n1. The average molecular weight is 506 g/mol. The van der Waals surface area contributed by atoms with Crippen molar-refractivity contribution in [3.05, 3.63) is 60.6 Å². The van der Waals surface area contributed by atoms with Crippen molar-refractivity contribution in [3.8, 4) is 22.5 Å². The quantitative estimate of drug-likeness (QED) is 0.237. The van der Waals surface area contributed by atoms with Crippen molar-refractivity contribution in [1.82, 2.24) is 30.5 Å². The molecule has 0 amide bonds. The van der Waals surface area contributed by atoms with Gasteiger partial charge in [0.1, 0.15) is 11.3 Å². The molecule has 0 atom stereocenters. The van der Waals surface area contributed by atoms with Crippen LogP contribution in [0.2, 0.25) is 0 Å². The lowest BCUT2D eigenvalue weighted by atomic mass is 10.0. The first-order chi connectivity index (χ1) is 18.8. The van der Waals surface area contributed by atoms with Crippen molar-refractivity contribution in [2.45, 2.75) is 51.5 Å². The summed E-state index contributed by atoms with van der Waals surface area (Å²) in [4.78, 5) is 15.2. The first-order valence-electron chi connectivity index (χ1n) is 14.2. The number of aromatic nitrogens is 5. The minimum atomic E-state index is 0.837. The van der Waals surface area contributed by atoms with Gasteiger partial charge in [-0.3, -0.25) is 10.1 Å². The van der Waals surface area contributed by atoms with Crippen molar-refractivity contribution in [2.24, 2.45) is 5.92 Å². The van der Waals surface area contributed by atoms with Gasteiger partial charge >= 0.3 is 0 Å². The van der Waals surface area contributed by atoms with Crippen molar-refractivity contribution < 1.29 is 0 Å². The lowest BCUT2D eigenvalue weighted by molar-refractivity contribution is 0.489. The summed E-state index contributed by atoms with van der Waals surface area (Å²) in [5.74, 6) is 0.837. The molecule has 3 N–H and O–H groups in total. The van der Waals surface area contributed by atoms with E-state index in [4.69, 9.17) is 5.10 Å². The topological polar surface area (TPSA) is 85.5 Å². The van der Waals surface area contributed by atoms with E-state index in [1.807, 2.05) is 18.6 Å². The van der Waals surface area contributed by atoms with Gasteiger partial charge in [0.2, 0.25) is 0 Å². The van der Waals surface area contributed by atoms with E-state index in [-0.39, 0.29) is 0 Å². The van der Waals surface area contributed by atoms with E-state index in [0.717, 1.165) is 71.2 Å². The third kappa shape index (κ3) is 4.56. The number of rotatable bonds is 7. The Morgan fingerprint density at radius 3 is 2.68 bits per heavy atom. The zero-order chi connectivity index (χ0) is 25.3. The van der Waals surface area contributed by atoms with E-state index in [2.05, 4.69) is 66.7 Å². The summed E-state index contributed by atoms with van der Waals surface area (Å²) in [5.41, 5.74) is 8.61. The molecule has 5 heterocycles. The molecular weight excluding hydrogens is 470 g/mol. The molecule has 0 bridgehead atoms. The highest BCUT2D eigenvalue weighted by Crippen LogP contribution is 2.35. The maximum Gasteiger partial charge on any atom is 0.139 e. The molecule has 5 aromatic rings. The normalized spacial score (nSPS) is 16.7. The van der Waals surface area contributed by atoms with Gasteiger partial charge in [-0.1, -0.05) is 18.9 Å². The fraction of sp³-hybridized carbons (Fsp3) is 0.387. The van der Waals surface area contributed by atoms with E-state index in [1.165, 1.54) is 61.6 Å². The van der Waals surface area contributed by atoms with Gasteiger partial charge in [0.25, 0.3) is 0 Å². The molecule has 2 fully saturated rings. The molecule has 1 aromatic carbocycles. The molecule has 0 unspecified atom stereocenters. The number of piperidine rings is 1. The molecule has 7 rings (SSSR count). The van der Waals surface area contributed by atoms with E-state index < -0.39 is 0 Å². The highest BCUT2D eigenvalue weighted by atomic mass is 15.1. The Bertz CT molecular complexity index is 1550. The van der Waals surface area contributed by atoms with Crippen molar-refractivity contribution >= 4 is 27.6 Å². The Balaban J connectivity index is 1.18. The molecule has 7 heteroatoms. The number of fused-ring (bicyclic) bond motifs is 2. The minimum Gasteiger partial charge on any atom is -0.371 e. The second-order valence-electron chi connectivity index (χ2n) is 11.0. The molecule has 1 aliphatic carbocycles. The van der Waals surface area contributed by atoms with Crippen molar-refractivity contribution in [3.63, 3.8) is 0 Å². The zero-order valence-corrected chi connectivity index (χ0v) is 21.8. The summed E-state index contributed by atoms with van der Waals surface area (Å²) in [5, 5.41) is 13.8. The number of nitrogens with zero attached hydrogens (tertiary/aromatic N) is 4. The molecule has 7 nitrogen and oxygen atoms in total. The fourth-order valence-electron chi connectivity index (χ4n) is 6.33. The van der Waals surface area contributed by atoms with Crippen molar-refractivity contribution in [1.29, 1.82) is 0 Å². The third-order valence-electron chi connectivity index (χ3n) is 8.39. The van der Waals surface area contributed by atoms with Crippen LogP contribution in [0.1, 0.15) is 50.5 Å². The number of pyridine rings is 2. The molecule has 1 saturated carbocycles. The lowest BCUT2D eigenvalue weighted by Gasteiger charge is -2.29. The summed E-state index contributed by atoms with van der Waals surface area (Å²) < 4.78 is 0. The van der Waals surface area contributed by atoms with E-state index in [1.54, 1.807) is 0 Å². The van der Waals surface area contributed by atoms with Crippen LogP contribution in [0.15, 0.2) is 55.0 Å². The smallest absolute Gasteiger partial charge is 0.139 e. The Hall–Kier alpha value is -3.71. The largest absolute Gasteiger partial charge is 0.371 e. The second kappa shape index (κ2) is 10.2. The van der Waals surface area contributed by atoms with E-state index in [0.29, 0.717) is 0 Å². The van der Waals surface area contributed by atoms with Crippen LogP contribution in [0.5, 0.6) is 0 Å². The van der Waals surface area contributed by atoms with E-state index in [9.17, 15) is 0 Å². The van der Waals surface area contributed by atoms with Gasteiger partial charge in [0.15, 0.2) is 0 Å². The molecule has 2 aliphatic rings. The van der Waals surface area contributed by atoms with Gasteiger partial charge in [-0.25, -0.2) is 4.98 Å². The summed E-state index contributed by atoms with van der Waals surface area (Å²) in [6, 6.07) is 13.1. The molecule has 1 saturated heterocycles. The van der Waals surface area contributed by atoms with Gasteiger partial charge in [-0.2, -0.15) is 5.10 Å².